The van der Waals surface area contributed by atoms with E-state index in [1.807, 2.05) is 0 Å². The fraction of sp³-hybridized carbons (Fsp3) is 0.526. The number of benzene rings is 2. The van der Waals surface area contributed by atoms with E-state index in [4.69, 9.17) is 9.47 Å². The lowest BCUT2D eigenvalue weighted by atomic mass is 9.67. The molecule has 0 bridgehead atoms. The first kappa shape index (κ1) is 39.8. The van der Waals surface area contributed by atoms with Crippen molar-refractivity contribution >= 4 is 24.1 Å². The fourth-order valence-corrected chi connectivity index (χ4v) is 7.11. The molecule has 280 valence electrons. The summed E-state index contributed by atoms with van der Waals surface area (Å²) in [4.78, 5) is 27.8. The van der Waals surface area contributed by atoms with E-state index < -0.39 is 46.5 Å². The summed E-state index contributed by atoms with van der Waals surface area (Å²) in [6.07, 6.45) is 3.49. The van der Waals surface area contributed by atoms with Crippen LogP contribution in [0.15, 0.2) is 53.6 Å². The van der Waals surface area contributed by atoms with Gasteiger partial charge in [-0.05, 0) is 111 Å². The van der Waals surface area contributed by atoms with Crippen molar-refractivity contribution in [3.63, 3.8) is 0 Å². The van der Waals surface area contributed by atoms with Gasteiger partial charge in [-0.15, -0.1) is 0 Å². The van der Waals surface area contributed by atoms with E-state index >= 15 is 0 Å². The second-order valence-corrected chi connectivity index (χ2v) is 14.0. The van der Waals surface area contributed by atoms with E-state index in [-0.39, 0.29) is 99.6 Å². The van der Waals surface area contributed by atoms with Crippen LogP contribution < -0.4 is 0 Å². The van der Waals surface area contributed by atoms with Gasteiger partial charge in [-0.25, -0.2) is 9.59 Å². The Morgan fingerprint density at radius 1 is 0.667 bits per heavy atom. The average Bonchev–Trinajstić information content (AvgIpc) is 3.12. The maximum absolute atomic E-state index is 13.9. The van der Waals surface area contributed by atoms with Crippen LogP contribution in [0.1, 0.15) is 62.5 Å². The Morgan fingerprint density at radius 2 is 1.12 bits per heavy atom. The number of phenolic OH excluding ortho intramolecular Hbond substituents is 3. The van der Waals surface area contributed by atoms with Crippen LogP contribution in [0.4, 0.5) is 0 Å². The molecule has 6 atom stereocenters. The zero-order chi connectivity index (χ0) is 37.2. The Bertz CT molecular complexity index is 1540. The lowest BCUT2D eigenvalue weighted by molar-refractivity contribution is -0.146. The van der Waals surface area contributed by atoms with Gasteiger partial charge in [0.2, 0.25) is 0 Å². The largest absolute Gasteiger partial charge is 0.508 e. The van der Waals surface area contributed by atoms with Crippen molar-refractivity contribution in [3.05, 3.63) is 64.7 Å². The second-order valence-electron chi connectivity index (χ2n) is 14.0. The molecule has 0 unspecified atom stereocenters. The molecular weight excluding hydrogens is 664 g/mol. The molecule has 2 aliphatic rings. The van der Waals surface area contributed by atoms with Crippen LogP contribution in [0.2, 0.25) is 0 Å². The van der Waals surface area contributed by atoms with Crippen LogP contribution >= 0.6 is 0 Å². The van der Waals surface area contributed by atoms with Crippen LogP contribution in [0.3, 0.4) is 0 Å². The third-order valence-corrected chi connectivity index (χ3v) is 10.6. The van der Waals surface area contributed by atoms with Gasteiger partial charge in [0.1, 0.15) is 5.75 Å². The second kappa shape index (κ2) is 18.0. The van der Waals surface area contributed by atoms with Crippen LogP contribution in [0.25, 0.3) is 12.2 Å². The summed E-state index contributed by atoms with van der Waals surface area (Å²) in [7, 11) is 0. The molecule has 9 N–H and O–H groups in total. The third-order valence-electron chi connectivity index (χ3n) is 10.6. The quantitative estimate of drug-likeness (QED) is 0.0559. The lowest BCUT2D eigenvalue weighted by Crippen LogP contribution is -2.45. The van der Waals surface area contributed by atoms with Crippen molar-refractivity contribution in [3.8, 4) is 17.2 Å². The molecule has 2 aliphatic carbocycles. The lowest BCUT2D eigenvalue weighted by Gasteiger charge is -2.42. The van der Waals surface area contributed by atoms with Gasteiger partial charge in [0.25, 0.3) is 0 Å². The molecule has 0 amide bonds. The topological polar surface area (TPSA) is 235 Å². The number of hydrogen-bond donors (Lipinski definition) is 9. The Hall–Kier alpha value is -3.98. The van der Waals surface area contributed by atoms with Crippen LogP contribution in [0, 0.1) is 22.7 Å². The molecule has 0 heterocycles. The highest BCUT2D eigenvalue weighted by Crippen LogP contribution is 2.43. The van der Waals surface area contributed by atoms with Crippen molar-refractivity contribution in [2.75, 3.05) is 39.6 Å². The Labute approximate surface area is 296 Å². The summed E-state index contributed by atoms with van der Waals surface area (Å²) in [5.74, 6) is -3.27. The van der Waals surface area contributed by atoms with Crippen molar-refractivity contribution in [2.45, 2.75) is 63.6 Å². The highest BCUT2D eigenvalue weighted by Gasteiger charge is 2.43. The highest BCUT2D eigenvalue weighted by molar-refractivity contribution is 6.12. The zero-order valence-corrected chi connectivity index (χ0v) is 28.6. The van der Waals surface area contributed by atoms with E-state index in [0.29, 0.717) is 31.2 Å². The predicted octanol–water partition coefficient (Wildman–Crippen LogP) is 2.40. The number of phenols is 3. The first-order valence-corrected chi connectivity index (χ1v) is 17.3. The van der Waals surface area contributed by atoms with Gasteiger partial charge in [0.05, 0.1) is 49.8 Å². The number of ether oxygens (including phenoxy) is 2. The van der Waals surface area contributed by atoms with E-state index in [1.165, 1.54) is 54.6 Å². The third kappa shape index (κ3) is 9.88. The molecule has 51 heavy (non-hydrogen) atoms. The highest BCUT2D eigenvalue weighted by atomic mass is 16.5. The molecule has 2 fully saturated rings. The Morgan fingerprint density at radius 3 is 1.53 bits per heavy atom. The number of rotatable bonds is 15. The number of aromatic hydroxyl groups is 3. The van der Waals surface area contributed by atoms with Crippen molar-refractivity contribution < 1.29 is 65.0 Å². The summed E-state index contributed by atoms with van der Waals surface area (Å²) in [5, 5.41) is 90.4. The van der Waals surface area contributed by atoms with Gasteiger partial charge in [-0.1, -0.05) is 18.2 Å². The number of carbonyl (C=O) groups is 2. The minimum Gasteiger partial charge on any atom is -0.508 e. The summed E-state index contributed by atoms with van der Waals surface area (Å²) >= 11 is 0. The van der Waals surface area contributed by atoms with E-state index in [0.717, 1.165) is 0 Å². The minimum atomic E-state index is -0.938. The summed E-state index contributed by atoms with van der Waals surface area (Å²) in [6.45, 7) is -1.23. The molecule has 0 aromatic heterocycles. The molecule has 0 aliphatic heterocycles. The maximum atomic E-state index is 13.9. The summed E-state index contributed by atoms with van der Waals surface area (Å²) in [6, 6.07) is 9.67. The zero-order valence-electron chi connectivity index (χ0n) is 28.6. The number of esters is 2. The molecule has 2 aromatic rings. The summed E-state index contributed by atoms with van der Waals surface area (Å²) < 4.78 is 11.5. The van der Waals surface area contributed by atoms with Crippen LogP contribution in [-0.2, 0) is 19.1 Å². The van der Waals surface area contributed by atoms with Crippen LogP contribution in [0.5, 0.6) is 17.2 Å². The first-order valence-electron chi connectivity index (χ1n) is 17.3. The molecule has 0 saturated heterocycles. The molecular formula is C38H50O13. The van der Waals surface area contributed by atoms with Gasteiger partial charge in [-0.2, -0.15) is 0 Å². The monoisotopic (exact) mass is 714 g/mol. The number of aliphatic hydroxyl groups is 6. The average molecular weight is 715 g/mol. The smallest absolute Gasteiger partial charge is 0.339 e. The minimum absolute atomic E-state index is 0.0269. The van der Waals surface area contributed by atoms with Crippen molar-refractivity contribution in [2.24, 2.45) is 22.7 Å². The van der Waals surface area contributed by atoms with Gasteiger partial charge >= 0.3 is 11.9 Å². The van der Waals surface area contributed by atoms with Gasteiger partial charge < -0.3 is 55.4 Å². The molecule has 2 saturated carbocycles. The van der Waals surface area contributed by atoms with Gasteiger partial charge in [-0.3, -0.25) is 0 Å². The molecule has 0 radical (unpaired) electrons. The predicted molar refractivity (Wildman–Crippen MR) is 185 cm³/mol. The van der Waals surface area contributed by atoms with Crippen molar-refractivity contribution in [1.82, 2.24) is 0 Å². The van der Waals surface area contributed by atoms with Gasteiger partial charge in [0, 0.05) is 24.0 Å². The maximum Gasteiger partial charge on any atom is 0.339 e. The van der Waals surface area contributed by atoms with E-state index in [9.17, 15) is 55.5 Å². The first-order chi connectivity index (χ1) is 24.4. The van der Waals surface area contributed by atoms with Crippen molar-refractivity contribution in [1.29, 1.82) is 0 Å². The molecule has 4 rings (SSSR count). The molecule has 13 heteroatoms. The fourth-order valence-electron chi connectivity index (χ4n) is 7.11. The Kier molecular flexibility index (Phi) is 14.0. The van der Waals surface area contributed by atoms with Crippen LogP contribution in [-0.4, -0.2) is 110 Å². The number of carbonyl (C=O) groups excluding carboxylic acids is 2. The van der Waals surface area contributed by atoms with E-state index in [1.54, 1.807) is 0 Å². The Balaban J connectivity index is 1.62. The molecule has 13 nitrogen and oxygen atoms in total. The normalized spacial score (nSPS) is 27.2. The molecule has 0 spiro atoms. The van der Waals surface area contributed by atoms with E-state index in [2.05, 4.69) is 0 Å². The SMILES string of the molecule is O=C(OC[C@H]1CC[C@](CO)(CCO)[C@@H](O)C1)C(=Cc1ccc(O)cc1)/C(=C\c1ccc(O)c(O)c1)C(=O)OC[C@H]1CC[C@](CO)(CCO)[C@@H](O)C1. The molecule has 2 aromatic carbocycles. The summed E-state index contributed by atoms with van der Waals surface area (Å²) in [5.41, 5.74) is -1.49. The standard InChI is InChI=1S/C38H50O13/c39-13-11-37(22-41)9-7-26(18-33(37)46)20-50-35(48)29(15-24-1-4-28(43)5-2-24)30(16-25-3-6-31(44)32(45)17-25)36(49)51-21-27-8-10-38(23-42,12-14-40)34(47)19-27/h1-6,15-17,26-27,33-34,39-47H,7-14,18-23H2/b29-15?,30-16+/t26-,27-,33-,34-,37+,38+/m0/s1. The van der Waals surface area contributed by atoms with Gasteiger partial charge in [0.15, 0.2) is 11.5 Å². The number of hydrogen-bond acceptors (Lipinski definition) is 13. The number of aliphatic hydroxyl groups excluding tert-OH is 6.